The Balaban J connectivity index is 2.70. The molecule has 0 amide bonds. The molecule has 1 rings (SSSR count). The molecular weight excluding hydrogens is 258 g/mol. The van der Waals surface area contributed by atoms with Crippen LogP contribution in [0, 0.1) is 0 Å². The van der Waals surface area contributed by atoms with Crippen molar-refractivity contribution in [1.29, 1.82) is 0 Å². The quantitative estimate of drug-likeness (QED) is 0.614. The number of esters is 1. The van der Waals surface area contributed by atoms with Gasteiger partial charge in [-0.05, 0) is 32.4 Å². The number of alkyl halides is 1. The maximum Gasteiger partial charge on any atom is 0.324 e. The summed E-state index contributed by atoms with van der Waals surface area (Å²) in [6, 6.07) is 3.62. The van der Waals surface area contributed by atoms with Gasteiger partial charge in [0, 0.05) is 12.4 Å². The molecule has 0 aliphatic carbocycles. The first-order valence-corrected chi connectivity index (χ1v) is 5.58. The molecule has 82 valence electrons. The number of pyridine rings is 1. The van der Waals surface area contributed by atoms with Crippen molar-refractivity contribution >= 4 is 21.9 Å². The molecule has 3 nitrogen and oxygen atoms in total. The molecule has 1 aromatic rings. The topological polar surface area (TPSA) is 39.2 Å². The highest BCUT2D eigenvalue weighted by atomic mass is 79.9. The second-order valence-electron chi connectivity index (χ2n) is 4.18. The van der Waals surface area contributed by atoms with Crippen molar-refractivity contribution < 1.29 is 9.53 Å². The normalized spacial score (nSPS) is 13.3. The van der Waals surface area contributed by atoms with Crippen LogP contribution in [0.5, 0.6) is 0 Å². The molecule has 0 saturated heterocycles. The molecule has 0 fully saturated rings. The Bertz CT molecular complexity index is 332. The lowest BCUT2D eigenvalue weighted by molar-refractivity contribution is -0.154. The summed E-state index contributed by atoms with van der Waals surface area (Å²) in [4.78, 5) is 15.2. The average Bonchev–Trinajstić information content (AvgIpc) is 2.15. The van der Waals surface area contributed by atoms with Crippen LogP contribution in [0.4, 0.5) is 0 Å². The molecule has 1 heterocycles. The molecule has 1 unspecified atom stereocenters. The highest BCUT2D eigenvalue weighted by Gasteiger charge is 2.24. The Morgan fingerprint density at radius 2 is 2.20 bits per heavy atom. The molecule has 0 aliphatic heterocycles. The lowest BCUT2D eigenvalue weighted by atomic mass is 10.2. The summed E-state index contributed by atoms with van der Waals surface area (Å²) in [5.74, 6) is -0.296. The van der Waals surface area contributed by atoms with E-state index in [1.54, 1.807) is 18.5 Å². The van der Waals surface area contributed by atoms with Gasteiger partial charge in [0.2, 0.25) is 0 Å². The van der Waals surface area contributed by atoms with Crippen molar-refractivity contribution in [1.82, 2.24) is 4.98 Å². The van der Waals surface area contributed by atoms with E-state index in [2.05, 4.69) is 20.9 Å². The van der Waals surface area contributed by atoms with Crippen molar-refractivity contribution in [2.45, 2.75) is 31.2 Å². The molecule has 0 N–H and O–H groups in total. The molecule has 15 heavy (non-hydrogen) atoms. The monoisotopic (exact) mass is 271 g/mol. The number of rotatable bonds is 2. The van der Waals surface area contributed by atoms with Gasteiger partial charge in [0.25, 0.3) is 0 Å². The third-order valence-corrected chi connectivity index (χ3v) is 2.49. The zero-order chi connectivity index (χ0) is 11.5. The Morgan fingerprint density at radius 1 is 1.53 bits per heavy atom. The van der Waals surface area contributed by atoms with Crippen molar-refractivity contribution in [3.8, 4) is 0 Å². The molecule has 0 bridgehead atoms. The highest BCUT2D eigenvalue weighted by Crippen LogP contribution is 2.25. The number of ether oxygens (including phenoxy) is 1. The number of carbonyl (C=O) groups is 1. The summed E-state index contributed by atoms with van der Waals surface area (Å²) in [6.07, 6.45) is 3.31. The zero-order valence-electron chi connectivity index (χ0n) is 9.03. The van der Waals surface area contributed by atoms with Crippen LogP contribution in [0.2, 0.25) is 0 Å². The molecule has 0 spiro atoms. The van der Waals surface area contributed by atoms with E-state index in [1.165, 1.54) is 0 Å². The largest absolute Gasteiger partial charge is 0.459 e. The number of halogens is 1. The van der Waals surface area contributed by atoms with Crippen LogP contribution in [0.15, 0.2) is 24.5 Å². The van der Waals surface area contributed by atoms with Crippen molar-refractivity contribution in [2.75, 3.05) is 0 Å². The molecule has 0 saturated carbocycles. The summed E-state index contributed by atoms with van der Waals surface area (Å²) in [7, 11) is 0. The number of hydrogen-bond donors (Lipinski definition) is 0. The van der Waals surface area contributed by atoms with E-state index in [0.717, 1.165) is 5.56 Å². The fourth-order valence-corrected chi connectivity index (χ4v) is 1.38. The zero-order valence-corrected chi connectivity index (χ0v) is 10.6. The van der Waals surface area contributed by atoms with Gasteiger partial charge >= 0.3 is 5.97 Å². The van der Waals surface area contributed by atoms with Gasteiger partial charge in [-0.1, -0.05) is 22.0 Å². The summed E-state index contributed by atoms with van der Waals surface area (Å²) < 4.78 is 5.24. The lowest BCUT2D eigenvalue weighted by Crippen LogP contribution is -2.26. The number of nitrogens with zero attached hydrogens (tertiary/aromatic N) is 1. The van der Waals surface area contributed by atoms with Crippen LogP contribution in [0.3, 0.4) is 0 Å². The van der Waals surface area contributed by atoms with Gasteiger partial charge in [-0.25, -0.2) is 0 Å². The van der Waals surface area contributed by atoms with Gasteiger partial charge in [-0.15, -0.1) is 0 Å². The molecule has 0 aromatic carbocycles. The standard InChI is InChI=1S/C11H14BrNO2/c1-11(2,3)15-10(14)9(12)8-5-4-6-13-7-8/h4-7,9H,1-3H3. The van der Waals surface area contributed by atoms with E-state index in [1.807, 2.05) is 26.8 Å². The van der Waals surface area contributed by atoms with Crippen LogP contribution in [-0.4, -0.2) is 16.6 Å². The average molecular weight is 272 g/mol. The summed E-state index contributed by atoms with van der Waals surface area (Å²) in [6.45, 7) is 5.52. The van der Waals surface area contributed by atoms with E-state index in [-0.39, 0.29) is 5.97 Å². The number of hydrogen-bond acceptors (Lipinski definition) is 3. The Hall–Kier alpha value is -0.900. The minimum atomic E-state index is -0.467. The predicted octanol–water partition coefficient (Wildman–Crippen LogP) is 2.86. The third kappa shape index (κ3) is 4.00. The third-order valence-electron chi connectivity index (χ3n) is 1.59. The molecule has 1 aromatic heterocycles. The predicted molar refractivity (Wildman–Crippen MR) is 61.8 cm³/mol. The second-order valence-corrected chi connectivity index (χ2v) is 5.10. The highest BCUT2D eigenvalue weighted by molar-refractivity contribution is 9.09. The van der Waals surface area contributed by atoms with E-state index >= 15 is 0 Å². The van der Waals surface area contributed by atoms with E-state index < -0.39 is 10.4 Å². The number of aromatic nitrogens is 1. The first-order chi connectivity index (χ1) is 6.90. The Labute approximate surface area is 98.0 Å². The molecular formula is C11H14BrNO2. The van der Waals surface area contributed by atoms with E-state index in [9.17, 15) is 4.79 Å². The van der Waals surface area contributed by atoms with Crippen molar-refractivity contribution in [3.63, 3.8) is 0 Å². The first kappa shape index (κ1) is 12.2. The minimum absolute atomic E-state index is 0.296. The minimum Gasteiger partial charge on any atom is -0.459 e. The van der Waals surface area contributed by atoms with E-state index in [0.29, 0.717) is 0 Å². The SMILES string of the molecule is CC(C)(C)OC(=O)C(Br)c1cccnc1. The van der Waals surface area contributed by atoms with Crippen molar-refractivity contribution in [2.24, 2.45) is 0 Å². The fraction of sp³-hybridized carbons (Fsp3) is 0.455. The van der Waals surface area contributed by atoms with Gasteiger partial charge in [0.05, 0.1) is 0 Å². The van der Waals surface area contributed by atoms with Gasteiger partial charge < -0.3 is 4.74 Å². The number of carbonyl (C=O) groups excluding carboxylic acids is 1. The van der Waals surface area contributed by atoms with Gasteiger partial charge in [0.1, 0.15) is 10.4 Å². The lowest BCUT2D eigenvalue weighted by Gasteiger charge is -2.21. The molecule has 0 aliphatic rings. The van der Waals surface area contributed by atoms with Gasteiger partial charge in [-0.3, -0.25) is 9.78 Å². The maximum absolute atomic E-state index is 11.7. The summed E-state index contributed by atoms with van der Waals surface area (Å²) >= 11 is 3.29. The molecule has 4 heteroatoms. The fourth-order valence-electron chi connectivity index (χ4n) is 1.02. The van der Waals surface area contributed by atoms with Crippen LogP contribution >= 0.6 is 15.9 Å². The maximum atomic E-state index is 11.7. The summed E-state index contributed by atoms with van der Waals surface area (Å²) in [5, 5.41) is 0. The molecule has 1 atom stereocenters. The van der Waals surface area contributed by atoms with Gasteiger partial charge in [-0.2, -0.15) is 0 Å². The summed E-state index contributed by atoms with van der Waals surface area (Å²) in [5.41, 5.74) is 0.331. The molecule has 0 radical (unpaired) electrons. The Morgan fingerprint density at radius 3 is 2.67 bits per heavy atom. The van der Waals surface area contributed by atoms with E-state index in [4.69, 9.17) is 4.74 Å². The van der Waals surface area contributed by atoms with Crippen LogP contribution in [0.25, 0.3) is 0 Å². The van der Waals surface area contributed by atoms with Crippen LogP contribution in [-0.2, 0) is 9.53 Å². The second kappa shape index (κ2) is 4.75. The smallest absolute Gasteiger partial charge is 0.324 e. The van der Waals surface area contributed by atoms with Crippen LogP contribution in [0.1, 0.15) is 31.2 Å². The Kier molecular flexibility index (Phi) is 3.85. The van der Waals surface area contributed by atoms with Gasteiger partial charge in [0.15, 0.2) is 0 Å². The first-order valence-electron chi connectivity index (χ1n) is 4.67. The van der Waals surface area contributed by atoms with Crippen molar-refractivity contribution in [3.05, 3.63) is 30.1 Å². The van der Waals surface area contributed by atoms with Crippen LogP contribution < -0.4 is 0 Å².